The van der Waals surface area contributed by atoms with Gasteiger partial charge in [0.15, 0.2) is 0 Å². The molecule has 2 aromatic rings. The first kappa shape index (κ1) is 16.5. The summed E-state index contributed by atoms with van der Waals surface area (Å²) in [4.78, 5) is 26.6. The van der Waals surface area contributed by atoms with E-state index in [2.05, 4.69) is 10.2 Å². The molecule has 0 aromatic carbocycles. The number of hydrogen-bond acceptors (Lipinski definition) is 5. The lowest BCUT2D eigenvalue weighted by Gasteiger charge is -2.33. The molecule has 0 saturated carbocycles. The Labute approximate surface area is 139 Å². The number of aryl methyl sites for hydroxylation is 1. The molecule has 3 heterocycles. The number of amides is 1. The van der Waals surface area contributed by atoms with Gasteiger partial charge in [-0.2, -0.15) is 0 Å². The molecule has 24 heavy (non-hydrogen) atoms. The van der Waals surface area contributed by atoms with Crippen LogP contribution in [0.4, 0.5) is 0 Å². The van der Waals surface area contributed by atoms with Crippen LogP contribution in [0, 0.1) is 0 Å². The minimum absolute atomic E-state index is 0.0829. The Balaban J connectivity index is 1.72. The topological polar surface area (TPSA) is 76.7 Å². The van der Waals surface area contributed by atoms with Crippen LogP contribution in [0.15, 0.2) is 45.9 Å². The number of carbonyl (C=O) groups is 1. The summed E-state index contributed by atoms with van der Waals surface area (Å²) in [5.41, 5.74) is -0.170. The molecule has 1 saturated heterocycles. The van der Waals surface area contributed by atoms with Crippen LogP contribution in [0.1, 0.15) is 22.2 Å². The first-order valence-electron chi connectivity index (χ1n) is 7.96. The van der Waals surface area contributed by atoms with Gasteiger partial charge in [0.1, 0.15) is 11.3 Å². The minimum atomic E-state index is -0.374. The fourth-order valence-corrected chi connectivity index (χ4v) is 2.83. The fourth-order valence-electron chi connectivity index (χ4n) is 2.83. The number of hydrogen-bond donors (Lipinski definition) is 1. The normalized spacial score (nSPS) is 16.7. The second-order valence-electron chi connectivity index (χ2n) is 5.73. The van der Waals surface area contributed by atoms with Crippen molar-refractivity contribution in [2.75, 3.05) is 32.8 Å². The Morgan fingerprint density at radius 2 is 2.08 bits per heavy atom. The van der Waals surface area contributed by atoms with Crippen LogP contribution in [0.5, 0.6) is 0 Å². The summed E-state index contributed by atoms with van der Waals surface area (Å²) >= 11 is 0. The molecule has 128 valence electrons. The summed E-state index contributed by atoms with van der Waals surface area (Å²) in [6.45, 7) is 3.22. The molecule has 0 radical (unpaired) electrons. The van der Waals surface area contributed by atoms with Crippen molar-refractivity contribution in [3.05, 3.63) is 58.4 Å². The van der Waals surface area contributed by atoms with E-state index in [0.29, 0.717) is 19.8 Å². The van der Waals surface area contributed by atoms with Gasteiger partial charge in [0, 0.05) is 32.9 Å². The molecule has 1 amide bonds. The van der Waals surface area contributed by atoms with E-state index in [0.717, 1.165) is 18.8 Å². The molecule has 0 aliphatic carbocycles. The van der Waals surface area contributed by atoms with Gasteiger partial charge in [0.05, 0.1) is 25.5 Å². The number of nitrogens with one attached hydrogen (secondary N) is 1. The van der Waals surface area contributed by atoms with E-state index in [9.17, 15) is 9.59 Å². The molecule has 1 aliphatic rings. The third-order valence-corrected chi connectivity index (χ3v) is 4.18. The fraction of sp³-hybridized carbons (Fsp3) is 0.412. The van der Waals surface area contributed by atoms with Crippen molar-refractivity contribution in [3.8, 4) is 0 Å². The SMILES string of the molecule is Cn1cccc(C(=O)NCC(c2ccco2)N2CCOCC2)c1=O. The zero-order valence-electron chi connectivity index (χ0n) is 13.6. The zero-order chi connectivity index (χ0) is 16.9. The lowest BCUT2D eigenvalue weighted by Crippen LogP contribution is -2.44. The standard InChI is InChI=1S/C17H21N3O4/c1-19-6-2-4-13(17(19)22)16(21)18-12-14(15-5-3-9-24-15)20-7-10-23-11-8-20/h2-6,9,14H,7-8,10-12H2,1H3,(H,18,21). The molecular weight excluding hydrogens is 310 g/mol. The molecule has 0 bridgehead atoms. The average Bonchev–Trinajstić information content (AvgIpc) is 3.12. The Kier molecular flexibility index (Phi) is 5.12. The smallest absolute Gasteiger partial charge is 0.263 e. The molecule has 1 fully saturated rings. The second-order valence-corrected chi connectivity index (χ2v) is 5.73. The molecular formula is C17H21N3O4. The van der Waals surface area contributed by atoms with Crippen molar-refractivity contribution in [2.24, 2.45) is 7.05 Å². The average molecular weight is 331 g/mol. The van der Waals surface area contributed by atoms with Gasteiger partial charge in [0.25, 0.3) is 11.5 Å². The number of carbonyl (C=O) groups excluding carboxylic acids is 1. The van der Waals surface area contributed by atoms with Gasteiger partial charge in [-0.05, 0) is 24.3 Å². The number of ether oxygens (including phenoxy) is 1. The van der Waals surface area contributed by atoms with Gasteiger partial charge in [-0.25, -0.2) is 0 Å². The van der Waals surface area contributed by atoms with Crippen molar-refractivity contribution in [1.82, 2.24) is 14.8 Å². The van der Waals surface area contributed by atoms with E-state index in [1.54, 1.807) is 25.6 Å². The van der Waals surface area contributed by atoms with Crippen molar-refractivity contribution in [3.63, 3.8) is 0 Å². The Morgan fingerprint density at radius 3 is 2.79 bits per heavy atom. The molecule has 7 heteroatoms. The third-order valence-electron chi connectivity index (χ3n) is 4.18. The maximum atomic E-state index is 12.4. The Morgan fingerprint density at radius 1 is 1.29 bits per heavy atom. The number of pyridine rings is 1. The number of rotatable bonds is 5. The monoisotopic (exact) mass is 331 g/mol. The van der Waals surface area contributed by atoms with Crippen LogP contribution < -0.4 is 10.9 Å². The van der Waals surface area contributed by atoms with Crippen LogP contribution in [-0.4, -0.2) is 48.2 Å². The second kappa shape index (κ2) is 7.46. The van der Waals surface area contributed by atoms with Gasteiger partial charge in [-0.15, -0.1) is 0 Å². The summed E-state index contributed by atoms with van der Waals surface area (Å²) in [5.74, 6) is 0.416. The summed E-state index contributed by atoms with van der Waals surface area (Å²) in [6, 6.07) is 6.86. The summed E-state index contributed by atoms with van der Waals surface area (Å²) in [7, 11) is 1.62. The first-order valence-corrected chi connectivity index (χ1v) is 7.96. The first-order chi connectivity index (χ1) is 11.7. The largest absolute Gasteiger partial charge is 0.468 e. The molecule has 0 spiro atoms. The lowest BCUT2D eigenvalue weighted by molar-refractivity contribution is 0.0118. The van der Waals surface area contributed by atoms with E-state index in [1.165, 1.54) is 10.6 Å². The van der Waals surface area contributed by atoms with Crippen LogP contribution in [0.25, 0.3) is 0 Å². The zero-order valence-corrected chi connectivity index (χ0v) is 13.6. The Bertz CT molecular complexity index is 733. The van der Waals surface area contributed by atoms with Crippen LogP contribution in [0.2, 0.25) is 0 Å². The summed E-state index contributed by atoms with van der Waals surface area (Å²) in [6.07, 6.45) is 3.25. The number of furan rings is 1. The highest BCUT2D eigenvalue weighted by atomic mass is 16.5. The number of aromatic nitrogens is 1. The van der Waals surface area contributed by atoms with Gasteiger partial charge in [-0.3, -0.25) is 14.5 Å². The van der Waals surface area contributed by atoms with Crippen molar-refractivity contribution < 1.29 is 13.9 Å². The van der Waals surface area contributed by atoms with Crippen LogP contribution in [0.3, 0.4) is 0 Å². The van der Waals surface area contributed by atoms with Crippen molar-refractivity contribution in [2.45, 2.75) is 6.04 Å². The molecule has 3 rings (SSSR count). The molecule has 1 unspecified atom stereocenters. The quantitative estimate of drug-likeness (QED) is 0.876. The lowest BCUT2D eigenvalue weighted by atomic mass is 10.1. The van der Waals surface area contributed by atoms with Crippen molar-refractivity contribution in [1.29, 1.82) is 0 Å². The molecule has 2 aromatic heterocycles. The van der Waals surface area contributed by atoms with E-state index in [1.807, 2.05) is 12.1 Å². The summed E-state index contributed by atoms with van der Waals surface area (Å²) in [5, 5.41) is 2.86. The number of nitrogens with zero attached hydrogens (tertiary/aromatic N) is 2. The summed E-state index contributed by atoms with van der Waals surface area (Å²) < 4.78 is 12.3. The predicted molar refractivity (Wildman–Crippen MR) is 87.9 cm³/mol. The molecule has 1 atom stereocenters. The van der Waals surface area contributed by atoms with Crippen molar-refractivity contribution >= 4 is 5.91 Å². The van der Waals surface area contributed by atoms with Gasteiger partial charge < -0.3 is 19.0 Å². The van der Waals surface area contributed by atoms with E-state index >= 15 is 0 Å². The predicted octanol–water partition coefficient (Wildman–Crippen LogP) is 0.782. The third kappa shape index (κ3) is 3.58. The van der Waals surface area contributed by atoms with Gasteiger partial charge in [0.2, 0.25) is 0 Å². The maximum absolute atomic E-state index is 12.4. The van der Waals surface area contributed by atoms with Gasteiger partial charge >= 0.3 is 0 Å². The molecule has 7 nitrogen and oxygen atoms in total. The highest BCUT2D eigenvalue weighted by Gasteiger charge is 2.25. The highest BCUT2D eigenvalue weighted by Crippen LogP contribution is 2.21. The van der Waals surface area contributed by atoms with Crippen LogP contribution >= 0.6 is 0 Å². The molecule has 1 aliphatic heterocycles. The van der Waals surface area contributed by atoms with E-state index in [-0.39, 0.29) is 23.1 Å². The maximum Gasteiger partial charge on any atom is 0.263 e. The van der Waals surface area contributed by atoms with Gasteiger partial charge in [-0.1, -0.05) is 0 Å². The van der Waals surface area contributed by atoms with E-state index < -0.39 is 0 Å². The molecule has 1 N–H and O–H groups in total. The highest BCUT2D eigenvalue weighted by molar-refractivity contribution is 5.93. The Hall–Kier alpha value is -2.38. The minimum Gasteiger partial charge on any atom is -0.468 e. The van der Waals surface area contributed by atoms with E-state index in [4.69, 9.17) is 9.15 Å². The number of morpholine rings is 1. The van der Waals surface area contributed by atoms with Crippen LogP contribution in [-0.2, 0) is 11.8 Å².